The van der Waals surface area contributed by atoms with Crippen LogP contribution in [-0.4, -0.2) is 22.8 Å². The molecule has 0 radical (unpaired) electrons. The Morgan fingerprint density at radius 2 is 1.88 bits per heavy atom. The van der Waals surface area contributed by atoms with Crippen LogP contribution in [0.2, 0.25) is 0 Å². The summed E-state index contributed by atoms with van der Waals surface area (Å²) in [6.45, 7) is 0. The van der Waals surface area contributed by atoms with Gasteiger partial charge >= 0.3 is 6.03 Å². The number of hydrogen-bond donors (Lipinski definition) is 1. The highest BCUT2D eigenvalue weighted by Gasteiger charge is 2.37. The van der Waals surface area contributed by atoms with Crippen LogP contribution in [-0.2, 0) is 9.59 Å². The Morgan fingerprint density at radius 1 is 1.04 bits per heavy atom. The number of anilines is 1. The molecule has 0 saturated carbocycles. The van der Waals surface area contributed by atoms with Crippen molar-refractivity contribution in [1.29, 1.82) is 0 Å². The van der Waals surface area contributed by atoms with Crippen molar-refractivity contribution in [3.63, 3.8) is 0 Å². The van der Waals surface area contributed by atoms with Crippen LogP contribution < -0.4 is 10.2 Å². The van der Waals surface area contributed by atoms with Crippen LogP contribution in [0.3, 0.4) is 0 Å². The number of furan rings is 1. The number of rotatable bonds is 2. The van der Waals surface area contributed by atoms with E-state index in [2.05, 4.69) is 10.3 Å². The van der Waals surface area contributed by atoms with Gasteiger partial charge in [0.25, 0.3) is 11.8 Å². The molecule has 3 aromatic rings. The zero-order chi connectivity index (χ0) is 17.4. The first-order valence-corrected chi connectivity index (χ1v) is 7.44. The predicted octanol–water partition coefficient (Wildman–Crippen LogP) is 2.49. The first kappa shape index (κ1) is 14.8. The van der Waals surface area contributed by atoms with Gasteiger partial charge in [-0.05, 0) is 30.3 Å². The van der Waals surface area contributed by atoms with E-state index in [1.807, 2.05) is 12.1 Å². The molecule has 4 amide bonds. The van der Waals surface area contributed by atoms with E-state index in [-0.39, 0.29) is 5.57 Å². The average Bonchev–Trinajstić information content (AvgIpc) is 3.12. The van der Waals surface area contributed by atoms with E-state index in [9.17, 15) is 14.4 Å². The number of nitrogens with zero attached hydrogens (tertiary/aromatic N) is 2. The second-order valence-corrected chi connectivity index (χ2v) is 5.33. The molecule has 0 spiro atoms. The van der Waals surface area contributed by atoms with Crippen LogP contribution in [0.25, 0.3) is 17.0 Å². The first-order chi connectivity index (χ1) is 12.1. The molecule has 0 bridgehead atoms. The van der Waals surface area contributed by atoms with Crippen LogP contribution in [0.15, 0.2) is 64.9 Å². The van der Waals surface area contributed by atoms with Crippen molar-refractivity contribution in [1.82, 2.24) is 10.3 Å². The van der Waals surface area contributed by atoms with E-state index in [0.29, 0.717) is 17.0 Å². The molecule has 122 valence electrons. The number of carbonyl (C=O) groups excluding carboxylic acids is 3. The van der Waals surface area contributed by atoms with E-state index < -0.39 is 17.8 Å². The highest BCUT2D eigenvalue weighted by atomic mass is 16.3. The number of aromatic nitrogens is 1. The van der Waals surface area contributed by atoms with E-state index in [0.717, 1.165) is 10.3 Å². The lowest BCUT2D eigenvalue weighted by molar-refractivity contribution is -0.122. The SMILES string of the molecule is O=C1NC(=O)N(c2cccc3cccnc23)C(=O)/C1=C\c1ccco1. The number of urea groups is 1. The number of barbiturate groups is 1. The number of imide groups is 2. The molecule has 1 N–H and O–H groups in total. The van der Waals surface area contributed by atoms with Gasteiger partial charge in [0.1, 0.15) is 11.3 Å². The Bertz CT molecular complexity index is 1030. The van der Waals surface area contributed by atoms with Gasteiger partial charge in [0.05, 0.1) is 17.5 Å². The molecular weight excluding hydrogens is 322 g/mol. The van der Waals surface area contributed by atoms with Gasteiger partial charge in [-0.3, -0.25) is 19.9 Å². The maximum Gasteiger partial charge on any atom is 0.336 e. The van der Waals surface area contributed by atoms with Crippen LogP contribution >= 0.6 is 0 Å². The summed E-state index contributed by atoms with van der Waals surface area (Å²) >= 11 is 0. The summed E-state index contributed by atoms with van der Waals surface area (Å²) in [6, 6.07) is 11.1. The fraction of sp³-hybridized carbons (Fsp3) is 0. The minimum absolute atomic E-state index is 0.192. The summed E-state index contributed by atoms with van der Waals surface area (Å²) in [5.74, 6) is -1.16. The van der Waals surface area contributed by atoms with Crippen LogP contribution in [0.5, 0.6) is 0 Å². The molecule has 2 aromatic heterocycles. The fourth-order valence-corrected chi connectivity index (χ4v) is 2.66. The maximum absolute atomic E-state index is 12.8. The molecule has 0 unspecified atom stereocenters. The maximum atomic E-state index is 12.8. The summed E-state index contributed by atoms with van der Waals surface area (Å²) in [4.78, 5) is 42.4. The van der Waals surface area contributed by atoms with Crippen molar-refractivity contribution in [2.75, 3.05) is 4.90 Å². The lowest BCUT2D eigenvalue weighted by atomic mass is 10.1. The van der Waals surface area contributed by atoms with Crippen molar-refractivity contribution in [3.8, 4) is 0 Å². The summed E-state index contributed by atoms with van der Waals surface area (Å²) in [5, 5.41) is 2.95. The second kappa shape index (κ2) is 5.72. The van der Waals surface area contributed by atoms with Crippen LogP contribution in [0, 0.1) is 0 Å². The number of amides is 4. The Labute approximate surface area is 141 Å². The second-order valence-electron chi connectivity index (χ2n) is 5.33. The smallest absolute Gasteiger partial charge is 0.336 e. The largest absolute Gasteiger partial charge is 0.465 e. The minimum Gasteiger partial charge on any atom is -0.465 e. The van der Waals surface area contributed by atoms with Gasteiger partial charge < -0.3 is 4.42 Å². The summed E-state index contributed by atoms with van der Waals surface area (Å²) < 4.78 is 5.15. The topological polar surface area (TPSA) is 92.5 Å². The number of fused-ring (bicyclic) bond motifs is 1. The number of pyridine rings is 1. The molecule has 25 heavy (non-hydrogen) atoms. The predicted molar refractivity (Wildman–Crippen MR) is 89.5 cm³/mol. The molecular formula is C18H11N3O4. The zero-order valence-corrected chi connectivity index (χ0v) is 12.8. The van der Waals surface area contributed by atoms with E-state index in [1.54, 1.807) is 36.5 Å². The Kier molecular flexibility index (Phi) is 3.39. The van der Waals surface area contributed by atoms with E-state index >= 15 is 0 Å². The van der Waals surface area contributed by atoms with Crippen LogP contribution in [0.4, 0.5) is 10.5 Å². The van der Waals surface area contributed by atoms with Crippen molar-refractivity contribution < 1.29 is 18.8 Å². The minimum atomic E-state index is -0.815. The van der Waals surface area contributed by atoms with Crippen molar-refractivity contribution in [3.05, 3.63) is 66.3 Å². The zero-order valence-electron chi connectivity index (χ0n) is 12.8. The van der Waals surface area contributed by atoms with E-state index in [4.69, 9.17) is 4.42 Å². The van der Waals surface area contributed by atoms with Gasteiger partial charge in [-0.1, -0.05) is 18.2 Å². The summed E-state index contributed by atoms with van der Waals surface area (Å²) in [6.07, 6.45) is 4.30. The molecule has 1 aliphatic rings. The number of nitrogens with one attached hydrogen (secondary N) is 1. The Hall–Kier alpha value is -3.74. The quantitative estimate of drug-likeness (QED) is 0.574. The van der Waals surface area contributed by atoms with Gasteiger partial charge in [-0.15, -0.1) is 0 Å². The molecule has 7 heteroatoms. The number of benzene rings is 1. The van der Waals surface area contributed by atoms with Crippen molar-refractivity contribution in [2.24, 2.45) is 0 Å². The van der Waals surface area contributed by atoms with Gasteiger partial charge in [-0.25, -0.2) is 9.69 Å². The van der Waals surface area contributed by atoms with Crippen molar-refractivity contribution in [2.45, 2.75) is 0 Å². The molecule has 3 heterocycles. The molecule has 7 nitrogen and oxygen atoms in total. The third-order valence-corrected chi connectivity index (χ3v) is 3.78. The normalized spacial score (nSPS) is 16.6. The standard InChI is InChI=1S/C18H11N3O4/c22-16-13(10-12-6-3-9-25-12)17(23)21(18(24)20-16)14-7-1-4-11-5-2-8-19-15(11)14/h1-10H,(H,20,22,24)/b13-10-. The molecule has 1 aromatic carbocycles. The molecule has 1 fully saturated rings. The Morgan fingerprint density at radius 3 is 2.68 bits per heavy atom. The highest BCUT2D eigenvalue weighted by Crippen LogP contribution is 2.28. The van der Waals surface area contributed by atoms with Gasteiger partial charge in [-0.2, -0.15) is 0 Å². The third kappa shape index (κ3) is 2.47. The fourth-order valence-electron chi connectivity index (χ4n) is 2.66. The summed E-state index contributed by atoms with van der Waals surface area (Å²) in [5.41, 5.74) is 0.598. The Balaban J connectivity index is 1.84. The molecule has 0 aliphatic carbocycles. The number of hydrogen-bond acceptors (Lipinski definition) is 5. The highest BCUT2D eigenvalue weighted by molar-refractivity contribution is 6.40. The average molecular weight is 333 g/mol. The lowest BCUT2D eigenvalue weighted by Gasteiger charge is -2.26. The molecule has 1 aliphatic heterocycles. The molecule has 1 saturated heterocycles. The monoisotopic (exact) mass is 333 g/mol. The van der Waals surface area contributed by atoms with Gasteiger partial charge in [0.15, 0.2) is 0 Å². The molecule has 4 rings (SSSR count). The number of para-hydroxylation sites is 1. The first-order valence-electron chi connectivity index (χ1n) is 7.44. The van der Waals surface area contributed by atoms with Crippen LogP contribution in [0.1, 0.15) is 5.76 Å². The molecule has 0 atom stereocenters. The third-order valence-electron chi connectivity index (χ3n) is 3.78. The van der Waals surface area contributed by atoms with Gasteiger partial charge in [0.2, 0.25) is 0 Å². The summed E-state index contributed by atoms with van der Waals surface area (Å²) in [7, 11) is 0. The van der Waals surface area contributed by atoms with Gasteiger partial charge in [0, 0.05) is 11.6 Å². The van der Waals surface area contributed by atoms with Crippen molar-refractivity contribution >= 4 is 40.5 Å². The lowest BCUT2D eigenvalue weighted by Crippen LogP contribution is -2.54. The van der Waals surface area contributed by atoms with E-state index in [1.165, 1.54) is 12.3 Å². The number of carbonyl (C=O) groups is 3.